The zero-order valence-electron chi connectivity index (χ0n) is 28.6. The Kier molecular flexibility index (Phi) is 7.43. The summed E-state index contributed by atoms with van der Waals surface area (Å²) in [6, 6.07) is 65.1. The van der Waals surface area contributed by atoms with Crippen molar-refractivity contribution in [3.05, 3.63) is 188 Å². The molecule has 0 aliphatic rings. The van der Waals surface area contributed by atoms with Crippen LogP contribution in [0.25, 0.3) is 100 Å². The molecular formula is C49H31N3O. The standard InChI is InChI=1S/C49H31N3O/c1-4-15-32(16-5-1)35-23-14-24-38(27-35)40-25-12-13-26-41(40)49-51-47(34-19-8-3-9-20-34)50-48(52-49)39-29-42(33-17-6-2-7-18-33)46-43-28-36-21-10-11-22-37(36)30-44(43)53-45(46)31-39/h1-31H. The number of furan rings is 1. The van der Waals surface area contributed by atoms with Gasteiger partial charge in [0.1, 0.15) is 11.2 Å². The summed E-state index contributed by atoms with van der Waals surface area (Å²) < 4.78 is 6.67. The van der Waals surface area contributed by atoms with Gasteiger partial charge in [-0.1, -0.05) is 158 Å². The summed E-state index contributed by atoms with van der Waals surface area (Å²) in [6.07, 6.45) is 0. The second-order valence-electron chi connectivity index (χ2n) is 13.2. The van der Waals surface area contributed by atoms with Crippen LogP contribution in [0.5, 0.6) is 0 Å². The van der Waals surface area contributed by atoms with Gasteiger partial charge in [-0.25, -0.2) is 15.0 Å². The molecule has 248 valence electrons. The highest BCUT2D eigenvalue weighted by molar-refractivity contribution is 6.16. The molecule has 0 N–H and O–H groups in total. The van der Waals surface area contributed by atoms with Crippen LogP contribution < -0.4 is 0 Å². The van der Waals surface area contributed by atoms with Crippen LogP contribution in [0.1, 0.15) is 0 Å². The van der Waals surface area contributed by atoms with Gasteiger partial charge in [-0.15, -0.1) is 0 Å². The molecule has 0 unspecified atom stereocenters. The Bertz CT molecular complexity index is 2940. The predicted octanol–water partition coefficient (Wildman–Crippen LogP) is 12.9. The average molecular weight is 678 g/mol. The minimum atomic E-state index is 0.575. The maximum Gasteiger partial charge on any atom is 0.164 e. The highest BCUT2D eigenvalue weighted by atomic mass is 16.3. The van der Waals surface area contributed by atoms with Crippen LogP contribution in [-0.2, 0) is 0 Å². The molecule has 0 aliphatic carbocycles. The van der Waals surface area contributed by atoms with Crippen molar-refractivity contribution in [3.63, 3.8) is 0 Å². The van der Waals surface area contributed by atoms with Gasteiger partial charge in [0.25, 0.3) is 0 Å². The van der Waals surface area contributed by atoms with Crippen molar-refractivity contribution in [2.24, 2.45) is 0 Å². The van der Waals surface area contributed by atoms with Crippen LogP contribution in [0, 0.1) is 0 Å². The SMILES string of the molecule is c1ccc(-c2cccc(-c3ccccc3-c3nc(-c4ccccc4)nc(-c4cc(-c5ccccc5)c5c(c4)oc4cc6ccccc6cc45)n3)c2)cc1. The number of fused-ring (bicyclic) bond motifs is 4. The smallest absolute Gasteiger partial charge is 0.164 e. The number of hydrogen-bond donors (Lipinski definition) is 0. The second-order valence-corrected chi connectivity index (χ2v) is 13.2. The van der Waals surface area contributed by atoms with Crippen LogP contribution in [0.15, 0.2) is 192 Å². The molecule has 53 heavy (non-hydrogen) atoms. The van der Waals surface area contributed by atoms with Crippen molar-refractivity contribution in [2.75, 3.05) is 0 Å². The molecule has 0 radical (unpaired) electrons. The number of aromatic nitrogens is 3. The molecule has 0 atom stereocenters. The van der Waals surface area contributed by atoms with Crippen molar-refractivity contribution >= 4 is 32.7 Å². The van der Waals surface area contributed by atoms with Crippen LogP contribution in [0.2, 0.25) is 0 Å². The third-order valence-electron chi connectivity index (χ3n) is 9.90. The fourth-order valence-electron chi connectivity index (χ4n) is 7.33. The minimum absolute atomic E-state index is 0.575. The van der Waals surface area contributed by atoms with E-state index < -0.39 is 0 Å². The van der Waals surface area contributed by atoms with E-state index in [1.807, 2.05) is 48.5 Å². The summed E-state index contributed by atoms with van der Waals surface area (Å²) >= 11 is 0. The number of rotatable bonds is 6. The lowest BCUT2D eigenvalue weighted by atomic mass is 9.95. The highest BCUT2D eigenvalue weighted by Gasteiger charge is 2.20. The molecular weight excluding hydrogens is 647 g/mol. The largest absolute Gasteiger partial charge is 0.456 e. The summed E-state index contributed by atoms with van der Waals surface area (Å²) in [7, 11) is 0. The van der Waals surface area contributed by atoms with E-state index in [0.29, 0.717) is 17.5 Å². The molecule has 10 aromatic rings. The first-order valence-corrected chi connectivity index (χ1v) is 17.8. The molecule has 0 aliphatic heterocycles. The second kappa shape index (κ2) is 12.9. The van der Waals surface area contributed by atoms with E-state index in [2.05, 4.69) is 140 Å². The van der Waals surface area contributed by atoms with Crippen LogP contribution in [0.3, 0.4) is 0 Å². The van der Waals surface area contributed by atoms with Gasteiger partial charge in [0.15, 0.2) is 17.5 Å². The van der Waals surface area contributed by atoms with E-state index in [1.54, 1.807) is 0 Å². The summed E-state index contributed by atoms with van der Waals surface area (Å²) in [5.74, 6) is 1.79. The Labute approximate surface area is 306 Å². The van der Waals surface area contributed by atoms with Gasteiger partial charge >= 0.3 is 0 Å². The molecule has 10 rings (SSSR count). The molecule has 0 saturated carbocycles. The average Bonchev–Trinajstić information content (AvgIpc) is 3.60. The molecule has 0 fully saturated rings. The van der Waals surface area contributed by atoms with Gasteiger partial charge in [-0.05, 0) is 74.5 Å². The molecule has 8 aromatic carbocycles. The molecule has 0 bridgehead atoms. The monoisotopic (exact) mass is 677 g/mol. The van der Waals surface area contributed by atoms with E-state index in [9.17, 15) is 0 Å². The van der Waals surface area contributed by atoms with E-state index in [0.717, 1.165) is 71.8 Å². The highest BCUT2D eigenvalue weighted by Crippen LogP contribution is 2.42. The van der Waals surface area contributed by atoms with Gasteiger partial charge < -0.3 is 4.42 Å². The first-order chi connectivity index (χ1) is 26.2. The Balaban J connectivity index is 1.20. The Morgan fingerprint density at radius 2 is 0.849 bits per heavy atom. The first-order valence-electron chi connectivity index (χ1n) is 17.8. The third-order valence-corrected chi connectivity index (χ3v) is 9.90. The molecule has 4 heteroatoms. The zero-order chi connectivity index (χ0) is 35.1. The van der Waals surface area contributed by atoms with Crippen molar-refractivity contribution in [3.8, 4) is 67.5 Å². The van der Waals surface area contributed by atoms with Crippen LogP contribution in [0.4, 0.5) is 0 Å². The third kappa shape index (κ3) is 5.63. The summed E-state index contributed by atoms with van der Waals surface area (Å²) in [4.78, 5) is 15.5. The molecule has 0 amide bonds. The quantitative estimate of drug-likeness (QED) is 0.176. The lowest BCUT2D eigenvalue weighted by Gasteiger charge is -2.13. The van der Waals surface area contributed by atoms with Crippen molar-refractivity contribution in [1.29, 1.82) is 0 Å². The van der Waals surface area contributed by atoms with Gasteiger partial charge in [0.2, 0.25) is 0 Å². The van der Waals surface area contributed by atoms with Gasteiger partial charge in [0.05, 0.1) is 0 Å². The van der Waals surface area contributed by atoms with E-state index in [4.69, 9.17) is 19.4 Å². The normalized spacial score (nSPS) is 11.4. The molecule has 2 heterocycles. The summed E-state index contributed by atoms with van der Waals surface area (Å²) in [5.41, 5.74) is 10.9. The Hall–Kier alpha value is -7.17. The molecule has 2 aromatic heterocycles. The molecule has 4 nitrogen and oxygen atoms in total. The van der Waals surface area contributed by atoms with Gasteiger partial charge in [-0.2, -0.15) is 0 Å². The number of hydrogen-bond acceptors (Lipinski definition) is 4. The summed E-state index contributed by atoms with van der Waals surface area (Å²) in [6.45, 7) is 0. The fraction of sp³-hybridized carbons (Fsp3) is 0. The van der Waals surface area contributed by atoms with E-state index in [-0.39, 0.29) is 0 Å². The minimum Gasteiger partial charge on any atom is -0.456 e. The van der Waals surface area contributed by atoms with Gasteiger partial charge in [-0.3, -0.25) is 0 Å². The summed E-state index contributed by atoms with van der Waals surface area (Å²) in [5, 5.41) is 4.47. The van der Waals surface area contributed by atoms with Crippen molar-refractivity contribution in [1.82, 2.24) is 15.0 Å². The van der Waals surface area contributed by atoms with Crippen molar-refractivity contribution < 1.29 is 4.42 Å². The lowest BCUT2D eigenvalue weighted by molar-refractivity contribution is 0.669. The van der Waals surface area contributed by atoms with Crippen molar-refractivity contribution in [2.45, 2.75) is 0 Å². The first kappa shape index (κ1) is 30.6. The maximum absolute atomic E-state index is 6.67. The molecule has 0 saturated heterocycles. The lowest BCUT2D eigenvalue weighted by Crippen LogP contribution is -2.01. The van der Waals surface area contributed by atoms with Gasteiger partial charge in [0, 0.05) is 27.5 Å². The Morgan fingerprint density at radius 1 is 0.302 bits per heavy atom. The van der Waals surface area contributed by atoms with Crippen LogP contribution in [-0.4, -0.2) is 15.0 Å². The van der Waals surface area contributed by atoms with E-state index in [1.165, 1.54) is 10.9 Å². The zero-order valence-corrected chi connectivity index (χ0v) is 28.6. The topological polar surface area (TPSA) is 51.8 Å². The van der Waals surface area contributed by atoms with E-state index >= 15 is 0 Å². The number of benzene rings is 8. The predicted molar refractivity (Wildman–Crippen MR) is 217 cm³/mol. The molecule has 0 spiro atoms. The fourth-order valence-corrected chi connectivity index (χ4v) is 7.33. The Morgan fingerprint density at radius 3 is 1.58 bits per heavy atom. The van der Waals surface area contributed by atoms with Crippen LogP contribution >= 0.6 is 0 Å². The number of nitrogens with zero attached hydrogens (tertiary/aromatic N) is 3. The maximum atomic E-state index is 6.67.